The van der Waals surface area contributed by atoms with Gasteiger partial charge in [0.15, 0.2) is 0 Å². The van der Waals surface area contributed by atoms with Crippen LogP contribution in [0.15, 0.2) is 36.5 Å². The van der Waals surface area contributed by atoms with E-state index >= 15 is 0 Å². The van der Waals surface area contributed by atoms with Crippen molar-refractivity contribution in [2.45, 2.75) is 348 Å². The number of esters is 1. The van der Waals surface area contributed by atoms with Crippen molar-refractivity contribution in [3.8, 4) is 0 Å². The summed E-state index contributed by atoms with van der Waals surface area (Å²) in [5.74, 6) is -0.536. The molecule has 0 rings (SSSR count). The number of nitrogens with one attached hydrogen (secondary N) is 1. The maximum atomic E-state index is 13.5. The summed E-state index contributed by atoms with van der Waals surface area (Å²) < 4.78 is 30.4. The van der Waals surface area contributed by atoms with Crippen molar-refractivity contribution in [3.63, 3.8) is 0 Å². The zero-order chi connectivity index (χ0) is 57.2. The summed E-state index contributed by atoms with van der Waals surface area (Å²) in [6, 6.07) is -0.889. The number of amides is 1. The van der Waals surface area contributed by atoms with E-state index in [0.29, 0.717) is 17.4 Å². The molecule has 9 nitrogen and oxygen atoms in total. The Kier molecular flexibility index (Phi) is 57.1. The molecule has 0 aromatic heterocycles. The quantitative estimate of drug-likeness (QED) is 0.0212. The SMILES string of the molecule is CCCCCCCC/C=C/CCCCCCCCCCCCCCCCCC(=O)OC(/C=C\CCCCCCCCCCC)C(COP(=O)([O-])OCC[N+](C)(C)C)NC(=O)CCCCCCC/C=C/CCCCCCCCC. The Hall–Kier alpha value is -1.77. The van der Waals surface area contributed by atoms with Crippen molar-refractivity contribution < 1.29 is 37.3 Å². The maximum absolute atomic E-state index is 13.5. The molecule has 0 fully saturated rings. The monoisotopic (exact) mass is 1120 g/mol. The molecule has 0 aromatic rings. The number of carbonyl (C=O) groups is 2. The van der Waals surface area contributed by atoms with Crippen LogP contribution in [0.1, 0.15) is 335 Å². The molecule has 0 saturated heterocycles. The van der Waals surface area contributed by atoms with Crippen molar-refractivity contribution in [2.24, 2.45) is 0 Å². The standard InChI is InChI=1S/C68H131N2O7P/c1-7-10-13-16-19-22-25-27-29-31-32-33-34-35-36-37-38-39-41-43-46-49-52-55-58-61-68(72)77-66(59-56-53-50-47-44-24-21-18-15-12-9-3)65(64-76-78(73,74)75-63-62-70(4,5)6)69-67(71)60-57-54-51-48-45-42-40-30-28-26-23-20-17-14-11-8-2/h27,29-30,40,56,59,65-66H,7-26,28,31-39,41-55,57-58,60-64H2,1-6H3,(H-,69,71,73,74)/b29-27+,40-30+,59-56-. The Balaban J connectivity index is 5.03. The lowest BCUT2D eigenvalue weighted by Gasteiger charge is -2.30. The summed E-state index contributed by atoms with van der Waals surface area (Å²) in [5.41, 5.74) is 0. The van der Waals surface area contributed by atoms with E-state index in [1.54, 1.807) is 0 Å². The van der Waals surface area contributed by atoms with E-state index in [1.165, 1.54) is 225 Å². The summed E-state index contributed by atoms with van der Waals surface area (Å²) in [5, 5.41) is 3.03. The molecular weight excluding hydrogens is 988 g/mol. The van der Waals surface area contributed by atoms with Crippen LogP contribution in [-0.4, -0.2) is 69.4 Å². The van der Waals surface area contributed by atoms with Crippen LogP contribution in [0.4, 0.5) is 0 Å². The fourth-order valence-electron chi connectivity index (χ4n) is 10.0. The van der Waals surface area contributed by atoms with Crippen LogP contribution in [0.25, 0.3) is 0 Å². The maximum Gasteiger partial charge on any atom is 0.306 e. The van der Waals surface area contributed by atoms with Gasteiger partial charge in [0, 0.05) is 12.8 Å². The van der Waals surface area contributed by atoms with E-state index in [1.807, 2.05) is 33.3 Å². The molecule has 78 heavy (non-hydrogen) atoms. The van der Waals surface area contributed by atoms with Gasteiger partial charge in [0.25, 0.3) is 7.82 Å². The van der Waals surface area contributed by atoms with Gasteiger partial charge in [-0.2, -0.15) is 0 Å². The third-order valence-electron chi connectivity index (χ3n) is 15.3. The highest BCUT2D eigenvalue weighted by Crippen LogP contribution is 2.38. The summed E-state index contributed by atoms with van der Waals surface area (Å²) in [4.78, 5) is 40.0. The predicted octanol–water partition coefficient (Wildman–Crippen LogP) is 20.4. The molecular formula is C68H131N2O7P. The number of hydrogen-bond donors (Lipinski definition) is 1. The number of unbranched alkanes of at least 4 members (excludes halogenated alkanes) is 42. The third-order valence-corrected chi connectivity index (χ3v) is 16.3. The van der Waals surface area contributed by atoms with E-state index in [0.717, 1.165) is 77.0 Å². The molecule has 10 heteroatoms. The van der Waals surface area contributed by atoms with Crippen molar-refractivity contribution in [1.29, 1.82) is 0 Å². The highest BCUT2D eigenvalue weighted by Gasteiger charge is 2.27. The zero-order valence-corrected chi connectivity index (χ0v) is 53.5. The average Bonchev–Trinajstić information content (AvgIpc) is 3.41. The van der Waals surface area contributed by atoms with E-state index in [-0.39, 0.29) is 31.5 Å². The topological polar surface area (TPSA) is 114 Å². The van der Waals surface area contributed by atoms with Gasteiger partial charge in [-0.1, -0.05) is 276 Å². The summed E-state index contributed by atoms with van der Waals surface area (Å²) >= 11 is 0. The number of hydrogen-bond acceptors (Lipinski definition) is 7. The number of carbonyl (C=O) groups excluding carboxylic acids is 2. The van der Waals surface area contributed by atoms with Crippen molar-refractivity contribution in [1.82, 2.24) is 5.32 Å². The Bertz CT molecular complexity index is 1430. The van der Waals surface area contributed by atoms with Gasteiger partial charge in [-0.15, -0.1) is 0 Å². The number of allylic oxidation sites excluding steroid dienone is 5. The van der Waals surface area contributed by atoms with E-state index in [2.05, 4.69) is 50.4 Å². The molecule has 0 aliphatic heterocycles. The fraction of sp³-hybridized carbons (Fsp3) is 0.882. The van der Waals surface area contributed by atoms with E-state index in [9.17, 15) is 19.0 Å². The molecule has 1 N–H and O–H groups in total. The van der Waals surface area contributed by atoms with E-state index < -0.39 is 20.0 Å². The minimum Gasteiger partial charge on any atom is -0.756 e. The minimum absolute atomic E-state index is 0.0216. The number of likely N-dealkylation sites (N-methyl/N-ethyl adjacent to an activating group) is 1. The number of phosphoric ester groups is 1. The Morgan fingerprint density at radius 1 is 0.436 bits per heavy atom. The zero-order valence-electron chi connectivity index (χ0n) is 52.6. The van der Waals surface area contributed by atoms with Gasteiger partial charge in [0.2, 0.25) is 5.91 Å². The van der Waals surface area contributed by atoms with E-state index in [4.69, 9.17) is 13.8 Å². The first-order chi connectivity index (χ1) is 37.9. The molecule has 0 aromatic carbocycles. The highest BCUT2D eigenvalue weighted by molar-refractivity contribution is 7.45. The molecule has 3 unspecified atom stereocenters. The van der Waals surface area contributed by atoms with Gasteiger partial charge in [-0.3, -0.25) is 14.2 Å². The van der Waals surface area contributed by atoms with Gasteiger partial charge in [-0.25, -0.2) is 0 Å². The first kappa shape index (κ1) is 76.2. The molecule has 460 valence electrons. The number of ether oxygens (including phenoxy) is 1. The number of phosphoric acid groups is 1. The second-order valence-electron chi connectivity index (χ2n) is 24.3. The van der Waals surface area contributed by atoms with Crippen LogP contribution in [0, 0.1) is 0 Å². The van der Waals surface area contributed by atoms with Crippen LogP contribution in [0.3, 0.4) is 0 Å². The lowest BCUT2D eigenvalue weighted by molar-refractivity contribution is -0.870. The number of nitrogens with zero attached hydrogens (tertiary/aromatic N) is 1. The van der Waals surface area contributed by atoms with Gasteiger partial charge < -0.3 is 28.5 Å². The third kappa shape index (κ3) is 58.9. The molecule has 0 heterocycles. The van der Waals surface area contributed by atoms with Gasteiger partial charge in [0.1, 0.15) is 19.3 Å². The normalized spacial score (nSPS) is 13.8. The first-order valence-corrected chi connectivity index (χ1v) is 35.3. The number of rotatable bonds is 62. The summed E-state index contributed by atoms with van der Waals surface area (Å²) in [6.45, 7) is 6.87. The minimum atomic E-state index is -4.70. The van der Waals surface area contributed by atoms with Crippen molar-refractivity contribution in [3.05, 3.63) is 36.5 Å². The second kappa shape index (κ2) is 58.4. The van der Waals surface area contributed by atoms with Crippen molar-refractivity contribution >= 4 is 19.7 Å². The number of quaternary nitrogens is 1. The summed E-state index contributed by atoms with van der Waals surface area (Å²) in [7, 11) is 1.19. The van der Waals surface area contributed by atoms with Crippen LogP contribution < -0.4 is 10.2 Å². The van der Waals surface area contributed by atoms with Gasteiger partial charge >= 0.3 is 5.97 Å². The lowest BCUT2D eigenvalue weighted by atomic mass is 10.0. The second-order valence-corrected chi connectivity index (χ2v) is 25.7. The first-order valence-electron chi connectivity index (χ1n) is 33.8. The molecule has 0 saturated carbocycles. The summed E-state index contributed by atoms with van der Waals surface area (Å²) in [6.07, 6.45) is 71.3. The Labute approximate surface area is 485 Å². The molecule has 3 atom stereocenters. The van der Waals surface area contributed by atoms with Crippen LogP contribution >= 0.6 is 7.82 Å². The van der Waals surface area contributed by atoms with Crippen LogP contribution in [0.5, 0.6) is 0 Å². The molecule has 0 aliphatic rings. The smallest absolute Gasteiger partial charge is 0.306 e. The molecule has 0 bridgehead atoms. The fourth-order valence-corrected chi connectivity index (χ4v) is 10.8. The van der Waals surface area contributed by atoms with Crippen molar-refractivity contribution in [2.75, 3.05) is 40.9 Å². The Morgan fingerprint density at radius 2 is 0.744 bits per heavy atom. The van der Waals surface area contributed by atoms with Crippen LogP contribution in [-0.2, 0) is 27.9 Å². The average molecular weight is 1120 g/mol. The van der Waals surface area contributed by atoms with Crippen LogP contribution in [0.2, 0.25) is 0 Å². The molecule has 1 amide bonds. The largest absolute Gasteiger partial charge is 0.756 e. The Morgan fingerprint density at radius 3 is 1.09 bits per heavy atom. The van der Waals surface area contributed by atoms with Gasteiger partial charge in [-0.05, 0) is 83.1 Å². The highest BCUT2D eigenvalue weighted by atomic mass is 31.2. The molecule has 0 spiro atoms. The lowest BCUT2D eigenvalue weighted by Crippen LogP contribution is -2.47. The molecule has 0 aliphatic carbocycles. The predicted molar refractivity (Wildman–Crippen MR) is 335 cm³/mol. The van der Waals surface area contributed by atoms with Gasteiger partial charge in [0.05, 0.1) is 33.8 Å². The molecule has 0 radical (unpaired) electrons.